The third kappa shape index (κ3) is 2.60. The van der Waals surface area contributed by atoms with Gasteiger partial charge in [-0.15, -0.1) is 11.1 Å². The van der Waals surface area contributed by atoms with Crippen molar-refractivity contribution in [3.05, 3.63) is 60.7 Å². The summed E-state index contributed by atoms with van der Waals surface area (Å²) in [6, 6.07) is 20.6. The minimum Gasteiger partial charge on any atom is -0.319 e. The molecule has 0 amide bonds. The van der Waals surface area contributed by atoms with E-state index in [1.165, 1.54) is 10.4 Å². The van der Waals surface area contributed by atoms with Crippen LogP contribution in [0.5, 0.6) is 0 Å². The van der Waals surface area contributed by atoms with E-state index in [0.29, 0.717) is 0 Å². The summed E-state index contributed by atoms with van der Waals surface area (Å²) in [6.07, 6.45) is 0. The molecule has 0 spiro atoms. The third-order valence-corrected chi connectivity index (χ3v) is 7.57. The predicted octanol–water partition coefficient (Wildman–Crippen LogP) is 2.09. The first-order valence-corrected chi connectivity index (χ1v) is 8.83. The molecule has 0 aliphatic heterocycles. The molecule has 2 rings (SSSR count). The maximum atomic E-state index is 6.92. The Morgan fingerprint density at radius 1 is 0.882 bits per heavy atom. The molecule has 17 heavy (non-hydrogen) atoms. The minimum atomic E-state index is -2.28. The summed E-state index contributed by atoms with van der Waals surface area (Å²) in [5.74, 6) is 0. The van der Waals surface area contributed by atoms with Crippen LogP contribution in [-0.2, 0) is 0 Å². The van der Waals surface area contributed by atoms with Crippen molar-refractivity contribution >= 4 is 29.0 Å². The number of rotatable bonds is 4. The van der Waals surface area contributed by atoms with Crippen molar-refractivity contribution in [2.24, 2.45) is 0 Å². The van der Waals surface area contributed by atoms with Gasteiger partial charge in [-0.3, -0.25) is 0 Å². The van der Waals surface area contributed by atoms with Gasteiger partial charge in [-0.2, -0.15) is 0 Å². The lowest BCUT2D eigenvalue weighted by atomic mass is 10.4. The van der Waals surface area contributed by atoms with Gasteiger partial charge in [-0.25, -0.2) is 0 Å². The predicted molar refractivity (Wildman–Crippen MR) is 77.4 cm³/mol. The molecule has 1 nitrogen and oxygen atoms in total. The summed E-state index contributed by atoms with van der Waals surface area (Å²) in [4.78, 5) is 3.50. The summed E-state index contributed by atoms with van der Waals surface area (Å²) in [7, 11) is -2.28. The van der Waals surface area contributed by atoms with E-state index in [9.17, 15) is 0 Å². The second-order valence-electron chi connectivity index (χ2n) is 3.92. The zero-order valence-corrected chi connectivity index (χ0v) is 11.6. The van der Waals surface area contributed by atoms with Crippen LogP contribution in [-0.4, -0.2) is 14.1 Å². The van der Waals surface area contributed by atoms with Gasteiger partial charge in [0.05, 0.1) is 0 Å². The van der Waals surface area contributed by atoms with Crippen LogP contribution in [0.4, 0.5) is 0 Å². The monoisotopic (exact) mass is 261 g/mol. The lowest BCUT2D eigenvalue weighted by Crippen LogP contribution is -2.64. The number of hydrogen-bond donors (Lipinski definition) is 1. The van der Waals surface area contributed by atoms with E-state index in [1.54, 1.807) is 0 Å². The second-order valence-corrected chi connectivity index (χ2v) is 8.45. The first-order valence-electron chi connectivity index (χ1n) is 5.82. The molecule has 0 heterocycles. The van der Waals surface area contributed by atoms with E-state index < -0.39 is 7.55 Å². The van der Waals surface area contributed by atoms with E-state index >= 15 is 0 Å². The Kier molecular flexibility index (Phi) is 4.00. The summed E-state index contributed by atoms with van der Waals surface area (Å²) in [5.41, 5.74) is 0. The van der Waals surface area contributed by atoms with E-state index in [2.05, 4.69) is 36.2 Å². The summed E-state index contributed by atoms with van der Waals surface area (Å²) in [5, 5.41) is 2.41. The van der Waals surface area contributed by atoms with Crippen LogP contribution >= 0.6 is 11.1 Å². The average Bonchev–Trinajstić information content (AvgIpc) is 2.41. The van der Waals surface area contributed by atoms with Gasteiger partial charge in [0, 0.05) is 0 Å². The zero-order chi connectivity index (χ0) is 12.1. The molecule has 0 bridgehead atoms. The summed E-state index contributed by atoms with van der Waals surface area (Å²) in [6.45, 7) is 2.97. The largest absolute Gasteiger partial charge is 0.319 e. The van der Waals surface area contributed by atoms with Gasteiger partial charge in [0.1, 0.15) is 0 Å². The number of hydrogen-bond acceptors (Lipinski definition) is 1. The standard InChI is InChI=1S/C14H16ClNSi/c1-2-16-17(15,13-9-5-3-6-10-13)14-11-7-4-8-12-14/h3-12,16H,2H2,1H3. The lowest BCUT2D eigenvalue weighted by molar-refractivity contribution is 0.994. The van der Waals surface area contributed by atoms with Gasteiger partial charge >= 0.3 is 0 Å². The van der Waals surface area contributed by atoms with Crippen LogP contribution in [0.3, 0.4) is 0 Å². The van der Waals surface area contributed by atoms with Gasteiger partial charge in [-0.1, -0.05) is 67.6 Å². The molecule has 0 unspecified atom stereocenters. The highest BCUT2D eigenvalue weighted by atomic mass is 35.6. The van der Waals surface area contributed by atoms with Crippen LogP contribution in [0.1, 0.15) is 6.92 Å². The fourth-order valence-corrected chi connectivity index (χ4v) is 5.64. The van der Waals surface area contributed by atoms with E-state index in [0.717, 1.165) is 6.54 Å². The fraction of sp³-hybridized carbons (Fsp3) is 0.143. The first kappa shape index (κ1) is 12.4. The molecule has 0 aromatic heterocycles. The zero-order valence-electron chi connectivity index (χ0n) is 9.86. The van der Waals surface area contributed by atoms with Gasteiger partial charge in [-0.05, 0) is 16.9 Å². The van der Waals surface area contributed by atoms with Crippen LogP contribution in [0.15, 0.2) is 60.7 Å². The second kappa shape index (κ2) is 5.49. The molecule has 3 heteroatoms. The lowest BCUT2D eigenvalue weighted by Gasteiger charge is -2.26. The van der Waals surface area contributed by atoms with Crippen LogP contribution in [0.2, 0.25) is 0 Å². The van der Waals surface area contributed by atoms with E-state index in [-0.39, 0.29) is 0 Å². The molecule has 0 fully saturated rings. The first-order chi connectivity index (χ1) is 8.27. The average molecular weight is 262 g/mol. The van der Waals surface area contributed by atoms with Gasteiger partial charge in [0.15, 0.2) is 0 Å². The molecule has 2 aromatic carbocycles. The number of halogens is 1. The molecule has 0 saturated heterocycles. The molecule has 0 aliphatic rings. The summed E-state index contributed by atoms with van der Waals surface area (Å²) < 4.78 is 0. The number of nitrogens with one attached hydrogen (secondary N) is 1. The maximum absolute atomic E-state index is 6.92. The Morgan fingerprint density at radius 3 is 1.65 bits per heavy atom. The van der Waals surface area contributed by atoms with Crippen molar-refractivity contribution in [3.63, 3.8) is 0 Å². The van der Waals surface area contributed by atoms with E-state index in [4.69, 9.17) is 11.1 Å². The molecular formula is C14H16ClNSi. The maximum Gasteiger partial charge on any atom is 0.289 e. The fourth-order valence-electron chi connectivity index (χ4n) is 1.95. The smallest absolute Gasteiger partial charge is 0.289 e. The molecule has 0 atom stereocenters. The van der Waals surface area contributed by atoms with Crippen LogP contribution in [0.25, 0.3) is 0 Å². The quantitative estimate of drug-likeness (QED) is 0.657. The van der Waals surface area contributed by atoms with Crippen LogP contribution < -0.4 is 15.4 Å². The highest BCUT2D eigenvalue weighted by molar-refractivity contribution is 7.32. The topological polar surface area (TPSA) is 12.0 Å². The molecular weight excluding hydrogens is 246 g/mol. The van der Waals surface area contributed by atoms with Gasteiger partial charge in [0.25, 0.3) is 7.55 Å². The van der Waals surface area contributed by atoms with Gasteiger partial charge < -0.3 is 4.98 Å². The van der Waals surface area contributed by atoms with Gasteiger partial charge in [0.2, 0.25) is 0 Å². The van der Waals surface area contributed by atoms with Crippen molar-refractivity contribution in [2.45, 2.75) is 6.92 Å². The minimum absolute atomic E-state index is 0.875. The molecule has 1 N–H and O–H groups in total. The normalized spacial score (nSPS) is 11.4. The van der Waals surface area contributed by atoms with Crippen molar-refractivity contribution in [1.82, 2.24) is 4.98 Å². The van der Waals surface area contributed by atoms with Crippen molar-refractivity contribution in [2.75, 3.05) is 6.54 Å². The van der Waals surface area contributed by atoms with Crippen molar-refractivity contribution in [3.8, 4) is 0 Å². The molecule has 0 radical (unpaired) electrons. The van der Waals surface area contributed by atoms with Crippen molar-refractivity contribution in [1.29, 1.82) is 0 Å². The Balaban J connectivity index is 2.47. The SMILES string of the molecule is CCN[Si](Cl)(c1ccccc1)c1ccccc1. The molecule has 2 aromatic rings. The molecule has 0 aliphatic carbocycles. The Morgan fingerprint density at radius 2 is 1.29 bits per heavy atom. The summed E-state index contributed by atoms with van der Waals surface area (Å²) >= 11 is 6.92. The molecule has 0 saturated carbocycles. The Labute approximate surface area is 108 Å². The molecule has 88 valence electrons. The van der Waals surface area contributed by atoms with Crippen LogP contribution in [0, 0.1) is 0 Å². The Hall–Kier alpha value is -1.09. The number of benzene rings is 2. The highest BCUT2D eigenvalue weighted by Gasteiger charge is 2.34. The highest BCUT2D eigenvalue weighted by Crippen LogP contribution is 2.07. The Bertz CT molecular complexity index is 419. The van der Waals surface area contributed by atoms with E-state index in [1.807, 2.05) is 36.4 Å². The van der Waals surface area contributed by atoms with Crippen molar-refractivity contribution < 1.29 is 0 Å². The third-order valence-electron chi connectivity index (χ3n) is 2.76.